The maximum absolute atomic E-state index is 6.39. The van der Waals surface area contributed by atoms with Gasteiger partial charge in [-0.05, 0) is 34.1 Å². The van der Waals surface area contributed by atoms with Crippen LogP contribution in [0.5, 0.6) is 11.5 Å². The van der Waals surface area contributed by atoms with Crippen LogP contribution in [0.1, 0.15) is 0 Å². The first-order valence-electron chi connectivity index (χ1n) is 10.0. The van der Waals surface area contributed by atoms with Gasteiger partial charge in [-0.1, -0.05) is 23.2 Å². The molecule has 3 aromatic rings. The summed E-state index contributed by atoms with van der Waals surface area (Å²) in [6.45, 7) is 0.600. The molecule has 0 unspecified atom stereocenters. The topological polar surface area (TPSA) is 78.0 Å². The Morgan fingerprint density at radius 3 is 2.91 bits per heavy atom. The van der Waals surface area contributed by atoms with Crippen LogP contribution < -0.4 is 14.8 Å². The molecule has 1 aromatic heterocycles. The molecular weight excluding hydrogens is 547 g/mol. The molecule has 8 nitrogen and oxygen atoms in total. The number of nitrogens with zero attached hydrogens (tertiary/aromatic N) is 3. The molecule has 0 bridgehead atoms. The van der Waals surface area contributed by atoms with Crippen LogP contribution in [0.4, 0.5) is 11.5 Å². The van der Waals surface area contributed by atoms with Crippen molar-refractivity contribution in [3.63, 3.8) is 0 Å². The third-order valence-corrected chi connectivity index (χ3v) is 6.87. The van der Waals surface area contributed by atoms with Gasteiger partial charge in [0.25, 0.3) is 0 Å². The first-order chi connectivity index (χ1) is 16.5. The number of rotatable bonds is 6. The molecule has 0 aliphatic carbocycles. The fraction of sp³-hybridized carbons (Fsp3) is 0.130. The molecule has 174 valence electrons. The van der Waals surface area contributed by atoms with Crippen molar-refractivity contribution >= 4 is 61.5 Å². The SMILES string of the molecule is COc1cc2c(Nc3ccc(Br)c(Cl)c3Cl)ncnc2cc1OCC1=CN2C=COC=C2CO1. The Bertz CT molecular complexity index is 1360. The van der Waals surface area contributed by atoms with E-state index in [4.69, 9.17) is 42.1 Å². The van der Waals surface area contributed by atoms with Crippen LogP contribution in [0.2, 0.25) is 10.0 Å². The van der Waals surface area contributed by atoms with E-state index in [0.29, 0.717) is 55.4 Å². The van der Waals surface area contributed by atoms with E-state index in [1.54, 1.807) is 31.8 Å². The molecule has 0 spiro atoms. The van der Waals surface area contributed by atoms with Crippen molar-refractivity contribution < 1.29 is 18.9 Å². The fourth-order valence-electron chi connectivity index (χ4n) is 3.38. The highest BCUT2D eigenvalue weighted by Crippen LogP contribution is 2.39. The van der Waals surface area contributed by atoms with Crippen LogP contribution in [-0.2, 0) is 9.47 Å². The smallest absolute Gasteiger partial charge is 0.164 e. The van der Waals surface area contributed by atoms with E-state index in [-0.39, 0.29) is 6.61 Å². The van der Waals surface area contributed by atoms with Crippen molar-refractivity contribution in [2.24, 2.45) is 0 Å². The molecule has 1 N–H and O–H groups in total. The van der Waals surface area contributed by atoms with Gasteiger partial charge in [0.15, 0.2) is 17.3 Å². The van der Waals surface area contributed by atoms with Gasteiger partial charge in [0.05, 0.1) is 40.3 Å². The van der Waals surface area contributed by atoms with Crippen molar-refractivity contribution in [1.82, 2.24) is 14.9 Å². The molecule has 34 heavy (non-hydrogen) atoms. The van der Waals surface area contributed by atoms with Gasteiger partial charge < -0.3 is 29.2 Å². The van der Waals surface area contributed by atoms with Crippen LogP contribution in [0.15, 0.2) is 71.4 Å². The van der Waals surface area contributed by atoms with Gasteiger partial charge in [-0.25, -0.2) is 9.97 Å². The Kier molecular flexibility index (Phi) is 6.40. The molecule has 0 fully saturated rings. The second-order valence-electron chi connectivity index (χ2n) is 7.20. The van der Waals surface area contributed by atoms with Crippen LogP contribution in [-0.4, -0.2) is 35.2 Å². The lowest BCUT2D eigenvalue weighted by atomic mass is 10.2. The predicted octanol–water partition coefficient (Wildman–Crippen LogP) is 6.35. The average molecular weight is 564 g/mol. The normalized spacial score (nSPS) is 14.5. The van der Waals surface area contributed by atoms with E-state index in [1.165, 1.54) is 6.33 Å². The molecule has 0 saturated heterocycles. The highest BCUT2D eigenvalue weighted by atomic mass is 79.9. The number of aromatic nitrogens is 2. The highest BCUT2D eigenvalue weighted by molar-refractivity contribution is 9.10. The van der Waals surface area contributed by atoms with E-state index >= 15 is 0 Å². The van der Waals surface area contributed by atoms with Crippen molar-refractivity contribution in [1.29, 1.82) is 0 Å². The second kappa shape index (κ2) is 9.61. The zero-order chi connectivity index (χ0) is 23.7. The Labute approximate surface area is 213 Å². The molecule has 0 saturated carbocycles. The number of ether oxygens (including phenoxy) is 4. The molecule has 2 aromatic carbocycles. The molecule has 0 amide bonds. The lowest BCUT2D eigenvalue weighted by molar-refractivity contribution is 0.146. The third-order valence-electron chi connectivity index (χ3n) is 5.10. The molecule has 3 heterocycles. The lowest BCUT2D eigenvalue weighted by Crippen LogP contribution is -2.24. The Morgan fingerprint density at radius 2 is 2.06 bits per heavy atom. The average Bonchev–Trinajstić information content (AvgIpc) is 2.87. The van der Waals surface area contributed by atoms with E-state index in [1.807, 2.05) is 29.4 Å². The standard InChI is InChI=1S/C23H17BrCl2N4O4/c1-31-19-6-15-18(27-12-28-23(15)29-17-3-2-16(24)21(25)22(17)26)7-20(19)34-11-14-8-30-4-5-32-9-13(30)10-33-14/h2-9,12H,10-11H2,1H3,(H,27,28,29). The fourth-order valence-corrected chi connectivity index (χ4v) is 4.20. The molecule has 0 radical (unpaired) electrons. The molecule has 2 aliphatic rings. The first-order valence-corrected chi connectivity index (χ1v) is 11.6. The summed E-state index contributed by atoms with van der Waals surface area (Å²) in [5, 5.41) is 4.74. The molecule has 11 heteroatoms. The van der Waals surface area contributed by atoms with Gasteiger partial charge in [-0.2, -0.15) is 0 Å². The number of hydrogen-bond acceptors (Lipinski definition) is 8. The first kappa shape index (κ1) is 22.6. The van der Waals surface area contributed by atoms with Gasteiger partial charge in [-0.3, -0.25) is 0 Å². The monoisotopic (exact) mass is 562 g/mol. The Morgan fingerprint density at radius 1 is 1.18 bits per heavy atom. The van der Waals surface area contributed by atoms with E-state index < -0.39 is 0 Å². The van der Waals surface area contributed by atoms with Crippen LogP contribution in [0.25, 0.3) is 10.9 Å². The summed E-state index contributed by atoms with van der Waals surface area (Å²) in [6.07, 6.45) is 8.35. The maximum atomic E-state index is 6.39. The van der Waals surface area contributed by atoms with Gasteiger partial charge in [0, 0.05) is 22.1 Å². The van der Waals surface area contributed by atoms with Crippen molar-refractivity contribution in [3.8, 4) is 11.5 Å². The molecule has 2 aliphatic heterocycles. The number of halogens is 3. The van der Waals surface area contributed by atoms with Gasteiger partial charge in [-0.15, -0.1) is 0 Å². The highest BCUT2D eigenvalue weighted by Gasteiger charge is 2.19. The number of hydrogen-bond donors (Lipinski definition) is 1. The summed E-state index contributed by atoms with van der Waals surface area (Å²) >= 11 is 16.0. The number of nitrogens with one attached hydrogen (secondary N) is 1. The molecule has 5 rings (SSSR count). The summed E-state index contributed by atoms with van der Waals surface area (Å²) < 4.78 is 23.2. The Balaban J connectivity index is 1.41. The predicted molar refractivity (Wildman–Crippen MR) is 133 cm³/mol. The zero-order valence-corrected chi connectivity index (χ0v) is 20.8. The number of anilines is 2. The minimum Gasteiger partial charge on any atom is -0.493 e. The third kappa shape index (κ3) is 4.46. The van der Waals surface area contributed by atoms with Crippen LogP contribution in [0.3, 0.4) is 0 Å². The molecular formula is C23H17BrCl2N4O4. The van der Waals surface area contributed by atoms with E-state index in [2.05, 4.69) is 31.2 Å². The number of benzene rings is 2. The quantitative estimate of drug-likeness (QED) is 0.348. The van der Waals surface area contributed by atoms with Crippen LogP contribution >= 0.6 is 39.1 Å². The summed E-state index contributed by atoms with van der Waals surface area (Å²) in [7, 11) is 1.57. The minimum atomic E-state index is 0.212. The van der Waals surface area contributed by atoms with Crippen LogP contribution in [0, 0.1) is 0 Å². The van der Waals surface area contributed by atoms with Crippen molar-refractivity contribution in [2.45, 2.75) is 0 Å². The molecule has 0 atom stereocenters. The summed E-state index contributed by atoms with van der Waals surface area (Å²) in [4.78, 5) is 10.7. The summed E-state index contributed by atoms with van der Waals surface area (Å²) in [6, 6.07) is 7.21. The van der Waals surface area contributed by atoms with Crippen molar-refractivity contribution in [3.05, 3.63) is 81.5 Å². The zero-order valence-electron chi connectivity index (χ0n) is 17.7. The maximum Gasteiger partial charge on any atom is 0.164 e. The summed E-state index contributed by atoms with van der Waals surface area (Å²) in [5.74, 6) is 2.26. The Hall–Kier alpha value is -3.14. The second-order valence-corrected chi connectivity index (χ2v) is 8.81. The minimum absolute atomic E-state index is 0.212. The largest absolute Gasteiger partial charge is 0.493 e. The van der Waals surface area contributed by atoms with Gasteiger partial charge in [0.1, 0.15) is 37.9 Å². The van der Waals surface area contributed by atoms with Crippen molar-refractivity contribution in [2.75, 3.05) is 25.6 Å². The van der Waals surface area contributed by atoms with E-state index in [9.17, 15) is 0 Å². The lowest BCUT2D eigenvalue weighted by Gasteiger charge is -2.28. The van der Waals surface area contributed by atoms with E-state index in [0.717, 1.165) is 11.1 Å². The van der Waals surface area contributed by atoms with Gasteiger partial charge in [0.2, 0.25) is 0 Å². The number of methoxy groups -OCH3 is 1. The number of fused-ring (bicyclic) bond motifs is 2. The van der Waals surface area contributed by atoms with Gasteiger partial charge >= 0.3 is 0 Å². The summed E-state index contributed by atoms with van der Waals surface area (Å²) in [5.41, 5.74) is 2.17.